The topological polar surface area (TPSA) is 92.2 Å². The van der Waals surface area contributed by atoms with Gasteiger partial charge in [-0.25, -0.2) is 14.8 Å². The van der Waals surface area contributed by atoms with Crippen molar-refractivity contribution in [1.82, 2.24) is 15.3 Å². The molecule has 1 fully saturated rings. The Balaban J connectivity index is 2.18. The fourth-order valence-electron chi connectivity index (χ4n) is 1.61. The molecule has 0 atom stereocenters. The van der Waals surface area contributed by atoms with Gasteiger partial charge in [-0.05, 0) is 26.7 Å². The Morgan fingerprint density at radius 1 is 1.41 bits per heavy atom. The average Bonchev–Trinajstić information content (AvgIpc) is 2.98. The molecule has 2 rings (SSSR count). The molecule has 0 saturated heterocycles. The molecule has 0 bridgehead atoms. The van der Waals surface area contributed by atoms with E-state index < -0.39 is 17.4 Å². The number of aliphatic carboxylic acids is 1. The molecular formula is C11H13N3O3. The van der Waals surface area contributed by atoms with Gasteiger partial charge in [-0.3, -0.25) is 4.79 Å². The minimum atomic E-state index is -1.07. The van der Waals surface area contributed by atoms with Crippen molar-refractivity contribution in [2.24, 2.45) is 0 Å². The SMILES string of the molecule is Cc1ncc(C(=O)NC2(C(=O)O)CC2)c(C)n1. The second-order valence-electron chi connectivity index (χ2n) is 4.26. The zero-order chi connectivity index (χ0) is 12.6. The van der Waals surface area contributed by atoms with Crippen LogP contribution in [0, 0.1) is 13.8 Å². The molecule has 1 amide bonds. The molecule has 0 aliphatic heterocycles. The summed E-state index contributed by atoms with van der Waals surface area (Å²) in [5.41, 5.74) is -0.201. The maximum Gasteiger partial charge on any atom is 0.329 e. The van der Waals surface area contributed by atoms with Crippen molar-refractivity contribution in [1.29, 1.82) is 0 Å². The fourth-order valence-corrected chi connectivity index (χ4v) is 1.61. The molecule has 1 aliphatic rings. The molecule has 6 nitrogen and oxygen atoms in total. The van der Waals surface area contributed by atoms with Crippen LogP contribution in [-0.2, 0) is 4.79 Å². The Labute approximate surface area is 98.1 Å². The van der Waals surface area contributed by atoms with Gasteiger partial charge in [0.25, 0.3) is 5.91 Å². The normalized spacial score (nSPS) is 16.4. The van der Waals surface area contributed by atoms with E-state index in [1.165, 1.54) is 6.20 Å². The molecule has 0 spiro atoms. The number of carbonyl (C=O) groups excluding carboxylic acids is 1. The van der Waals surface area contributed by atoms with Gasteiger partial charge in [-0.2, -0.15) is 0 Å². The molecule has 0 radical (unpaired) electrons. The van der Waals surface area contributed by atoms with Gasteiger partial charge in [0.05, 0.1) is 11.3 Å². The summed E-state index contributed by atoms with van der Waals surface area (Å²) >= 11 is 0. The van der Waals surface area contributed by atoms with Crippen LogP contribution in [0.4, 0.5) is 0 Å². The van der Waals surface area contributed by atoms with E-state index in [4.69, 9.17) is 5.11 Å². The summed E-state index contributed by atoms with van der Waals surface area (Å²) in [5, 5.41) is 11.5. The summed E-state index contributed by atoms with van der Waals surface area (Å²) in [7, 11) is 0. The van der Waals surface area contributed by atoms with Crippen LogP contribution in [0.15, 0.2) is 6.20 Å². The highest BCUT2D eigenvalue weighted by Crippen LogP contribution is 2.35. The molecule has 1 heterocycles. The number of aryl methyl sites for hydroxylation is 2. The summed E-state index contributed by atoms with van der Waals surface area (Å²) in [6.45, 7) is 3.43. The van der Waals surface area contributed by atoms with Crippen molar-refractivity contribution < 1.29 is 14.7 Å². The van der Waals surface area contributed by atoms with Gasteiger partial charge in [0, 0.05) is 6.20 Å². The zero-order valence-electron chi connectivity index (χ0n) is 9.65. The van der Waals surface area contributed by atoms with Gasteiger partial charge in [-0.1, -0.05) is 0 Å². The van der Waals surface area contributed by atoms with Crippen LogP contribution in [-0.4, -0.2) is 32.5 Å². The first kappa shape index (κ1) is 11.5. The van der Waals surface area contributed by atoms with Crippen LogP contribution in [0.3, 0.4) is 0 Å². The van der Waals surface area contributed by atoms with Crippen molar-refractivity contribution in [3.05, 3.63) is 23.3 Å². The summed E-state index contributed by atoms with van der Waals surface area (Å²) in [5.74, 6) is -0.836. The number of rotatable bonds is 3. The van der Waals surface area contributed by atoms with Crippen molar-refractivity contribution in [3.63, 3.8) is 0 Å². The Hall–Kier alpha value is -1.98. The Kier molecular flexibility index (Phi) is 2.57. The number of hydrogen-bond acceptors (Lipinski definition) is 4. The molecule has 1 aliphatic carbocycles. The average molecular weight is 235 g/mol. The van der Waals surface area contributed by atoms with Crippen LogP contribution in [0.5, 0.6) is 0 Å². The van der Waals surface area contributed by atoms with E-state index in [0.717, 1.165) is 0 Å². The van der Waals surface area contributed by atoms with Crippen LogP contribution in [0.1, 0.15) is 34.7 Å². The maximum absolute atomic E-state index is 11.9. The van der Waals surface area contributed by atoms with Crippen molar-refractivity contribution in [2.45, 2.75) is 32.2 Å². The third-order valence-corrected chi connectivity index (χ3v) is 2.86. The monoisotopic (exact) mass is 235 g/mol. The second-order valence-corrected chi connectivity index (χ2v) is 4.26. The number of carbonyl (C=O) groups is 2. The number of aromatic nitrogens is 2. The lowest BCUT2D eigenvalue weighted by Gasteiger charge is -2.13. The first-order chi connectivity index (χ1) is 7.94. The minimum Gasteiger partial charge on any atom is -0.480 e. The van der Waals surface area contributed by atoms with Crippen molar-refractivity contribution >= 4 is 11.9 Å². The van der Waals surface area contributed by atoms with Gasteiger partial charge < -0.3 is 10.4 Å². The molecule has 2 N–H and O–H groups in total. The molecule has 90 valence electrons. The second kappa shape index (κ2) is 3.80. The highest BCUT2D eigenvalue weighted by molar-refractivity contribution is 5.99. The zero-order valence-corrected chi connectivity index (χ0v) is 9.65. The predicted octanol–water partition coefficient (Wildman–Crippen LogP) is 0.440. The molecule has 1 aromatic heterocycles. The van der Waals surface area contributed by atoms with E-state index in [2.05, 4.69) is 15.3 Å². The molecule has 0 aromatic carbocycles. The first-order valence-electron chi connectivity index (χ1n) is 5.31. The number of nitrogens with one attached hydrogen (secondary N) is 1. The molecule has 1 saturated carbocycles. The summed E-state index contributed by atoms with van der Waals surface area (Å²) in [6.07, 6.45) is 2.37. The van der Waals surface area contributed by atoms with Gasteiger partial charge >= 0.3 is 5.97 Å². The number of hydrogen-bond donors (Lipinski definition) is 2. The number of carboxylic acid groups (broad SMARTS) is 1. The lowest BCUT2D eigenvalue weighted by molar-refractivity contribution is -0.140. The van der Waals surface area contributed by atoms with Gasteiger partial charge in [0.2, 0.25) is 0 Å². The Morgan fingerprint density at radius 2 is 2.06 bits per heavy atom. The third-order valence-electron chi connectivity index (χ3n) is 2.86. The maximum atomic E-state index is 11.9. The van der Waals surface area contributed by atoms with Gasteiger partial charge in [-0.15, -0.1) is 0 Å². The Morgan fingerprint density at radius 3 is 2.53 bits per heavy atom. The quantitative estimate of drug-likeness (QED) is 0.793. The number of carboxylic acids is 1. The molecule has 6 heteroatoms. The summed E-state index contributed by atoms with van der Waals surface area (Å²) in [4.78, 5) is 30.8. The summed E-state index contributed by atoms with van der Waals surface area (Å²) in [6, 6.07) is 0. The van der Waals surface area contributed by atoms with Crippen LogP contribution < -0.4 is 5.32 Å². The molecule has 0 unspecified atom stereocenters. The smallest absolute Gasteiger partial charge is 0.329 e. The third kappa shape index (κ3) is 2.11. The highest BCUT2D eigenvalue weighted by atomic mass is 16.4. The van der Waals surface area contributed by atoms with Crippen LogP contribution >= 0.6 is 0 Å². The lowest BCUT2D eigenvalue weighted by Crippen LogP contribution is -2.43. The molecule has 17 heavy (non-hydrogen) atoms. The minimum absolute atomic E-state index is 0.322. The van der Waals surface area contributed by atoms with Crippen molar-refractivity contribution in [3.8, 4) is 0 Å². The number of amides is 1. The van der Waals surface area contributed by atoms with E-state index in [1.807, 2.05) is 0 Å². The molecule has 1 aromatic rings. The number of nitrogens with zero attached hydrogens (tertiary/aromatic N) is 2. The fraction of sp³-hybridized carbons (Fsp3) is 0.455. The van der Waals surface area contributed by atoms with E-state index >= 15 is 0 Å². The van der Waals surface area contributed by atoms with E-state index in [-0.39, 0.29) is 0 Å². The summed E-state index contributed by atoms with van der Waals surface area (Å²) < 4.78 is 0. The predicted molar refractivity (Wildman–Crippen MR) is 58.6 cm³/mol. The molecular weight excluding hydrogens is 222 g/mol. The Bertz CT molecular complexity index is 495. The largest absolute Gasteiger partial charge is 0.480 e. The van der Waals surface area contributed by atoms with Gasteiger partial charge in [0.15, 0.2) is 0 Å². The van der Waals surface area contributed by atoms with Crippen LogP contribution in [0.25, 0.3) is 0 Å². The highest BCUT2D eigenvalue weighted by Gasteiger charge is 2.51. The van der Waals surface area contributed by atoms with Crippen LogP contribution in [0.2, 0.25) is 0 Å². The standard InChI is InChI=1S/C11H13N3O3/c1-6-8(5-12-7(2)13-6)9(15)14-11(3-4-11)10(16)17/h5H,3-4H2,1-2H3,(H,14,15)(H,16,17). The lowest BCUT2D eigenvalue weighted by atomic mass is 10.2. The van der Waals surface area contributed by atoms with E-state index in [1.54, 1.807) is 13.8 Å². The van der Waals surface area contributed by atoms with Crippen molar-refractivity contribution in [2.75, 3.05) is 0 Å². The van der Waals surface area contributed by atoms with E-state index in [9.17, 15) is 9.59 Å². The van der Waals surface area contributed by atoms with E-state index in [0.29, 0.717) is 29.9 Å². The first-order valence-corrected chi connectivity index (χ1v) is 5.31. The van der Waals surface area contributed by atoms with Gasteiger partial charge in [0.1, 0.15) is 11.4 Å².